The number of aromatic amines is 1. The molecule has 3 aliphatic heterocycles. The largest absolute Gasteiger partial charge is 0.497 e. The van der Waals surface area contributed by atoms with E-state index in [-0.39, 0.29) is 17.9 Å². The summed E-state index contributed by atoms with van der Waals surface area (Å²) in [6.07, 6.45) is 6.93. The number of aromatic nitrogens is 2. The van der Waals surface area contributed by atoms with Crippen molar-refractivity contribution in [2.75, 3.05) is 20.7 Å². The topological polar surface area (TPSA) is 87.8 Å². The Balaban J connectivity index is 1.36. The summed E-state index contributed by atoms with van der Waals surface area (Å²) >= 11 is 0. The lowest BCUT2D eigenvalue weighted by atomic mass is 9.76. The number of fused-ring (bicyclic) bond motifs is 1. The zero-order valence-corrected chi connectivity index (χ0v) is 16.9. The number of amides is 2. The summed E-state index contributed by atoms with van der Waals surface area (Å²) in [7, 11) is 3.36. The molecule has 8 heteroatoms. The Labute approximate surface area is 174 Å². The molecule has 0 aliphatic carbocycles. The predicted molar refractivity (Wildman–Crippen MR) is 107 cm³/mol. The van der Waals surface area contributed by atoms with Crippen molar-refractivity contribution in [3.05, 3.63) is 60.2 Å². The number of carbonyl (C=O) groups excluding carboxylic acids is 2. The SMILES string of the molecule is COc1cccc(CN2C[C@]34C=C[C@H](O3)[C@H](C(=O)N(C)Cc3ncc[nH]3)[C@@H]4C2=O)c1. The molecule has 1 N–H and O–H groups in total. The molecular formula is C22H24N4O4. The fourth-order valence-corrected chi connectivity index (χ4v) is 4.93. The Morgan fingerprint density at radius 1 is 1.47 bits per heavy atom. The highest BCUT2D eigenvalue weighted by atomic mass is 16.5. The highest BCUT2D eigenvalue weighted by Crippen LogP contribution is 2.52. The molecule has 3 aliphatic rings. The first-order valence-corrected chi connectivity index (χ1v) is 10.0. The predicted octanol–water partition coefficient (Wildman–Crippen LogP) is 1.36. The number of rotatable bonds is 6. The van der Waals surface area contributed by atoms with Crippen molar-refractivity contribution >= 4 is 11.8 Å². The van der Waals surface area contributed by atoms with Gasteiger partial charge in [-0.15, -0.1) is 0 Å². The van der Waals surface area contributed by atoms with Crippen molar-refractivity contribution in [3.8, 4) is 5.75 Å². The molecule has 2 amide bonds. The van der Waals surface area contributed by atoms with Crippen LogP contribution in [0.3, 0.4) is 0 Å². The molecule has 2 saturated heterocycles. The summed E-state index contributed by atoms with van der Waals surface area (Å²) in [6.45, 7) is 1.27. The molecule has 2 aromatic rings. The van der Waals surface area contributed by atoms with Crippen LogP contribution in [-0.2, 0) is 27.4 Å². The highest BCUT2D eigenvalue weighted by Gasteiger charge is 2.67. The van der Waals surface area contributed by atoms with Gasteiger partial charge in [-0.05, 0) is 17.7 Å². The summed E-state index contributed by atoms with van der Waals surface area (Å²) < 4.78 is 11.5. The normalized spacial score (nSPS) is 28.8. The maximum absolute atomic E-state index is 13.4. The maximum Gasteiger partial charge on any atom is 0.230 e. The average molecular weight is 408 g/mol. The summed E-state index contributed by atoms with van der Waals surface area (Å²) in [5.41, 5.74) is 0.266. The van der Waals surface area contributed by atoms with E-state index in [9.17, 15) is 9.59 Å². The Hall–Kier alpha value is -3.13. The third-order valence-electron chi connectivity index (χ3n) is 6.29. The van der Waals surface area contributed by atoms with Crippen LogP contribution in [0.5, 0.6) is 5.75 Å². The molecular weight excluding hydrogens is 384 g/mol. The van der Waals surface area contributed by atoms with E-state index < -0.39 is 17.4 Å². The monoisotopic (exact) mass is 408 g/mol. The van der Waals surface area contributed by atoms with Crippen LogP contribution < -0.4 is 4.74 Å². The van der Waals surface area contributed by atoms with Gasteiger partial charge in [0.05, 0.1) is 38.1 Å². The first kappa shape index (κ1) is 18.9. The molecule has 8 nitrogen and oxygen atoms in total. The number of ether oxygens (including phenoxy) is 2. The Kier molecular flexibility index (Phi) is 4.39. The van der Waals surface area contributed by atoms with Crippen molar-refractivity contribution < 1.29 is 19.1 Å². The molecule has 1 aromatic carbocycles. The van der Waals surface area contributed by atoms with Crippen molar-refractivity contribution in [1.29, 1.82) is 0 Å². The van der Waals surface area contributed by atoms with Crippen LogP contribution in [0, 0.1) is 11.8 Å². The second kappa shape index (κ2) is 6.98. The van der Waals surface area contributed by atoms with Gasteiger partial charge in [0.15, 0.2) is 0 Å². The fourth-order valence-electron chi connectivity index (χ4n) is 4.93. The van der Waals surface area contributed by atoms with E-state index in [1.807, 2.05) is 36.4 Å². The minimum atomic E-state index is -0.716. The number of hydrogen-bond donors (Lipinski definition) is 1. The number of benzene rings is 1. The molecule has 0 unspecified atom stereocenters. The van der Waals surface area contributed by atoms with Gasteiger partial charge in [-0.2, -0.15) is 0 Å². The summed E-state index contributed by atoms with van der Waals surface area (Å²) in [4.78, 5) is 37.3. The van der Waals surface area contributed by atoms with E-state index in [2.05, 4.69) is 9.97 Å². The van der Waals surface area contributed by atoms with E-state index in [4.69, 9.17) is 9.47 Å². The van der Waals surface area contributed by atoms with Crippen LogP contribution in [-0.4, -0.2) is 64.0 Å². The van der Waals surface area contributed by atoms with E-state index in [1.165, 1.54) is 0 Å². The molecule has 156 valence electrons. The molecule has 4 atom stereocenters. The van der Waals surface area contributed by atoms with Gasteiger partial charge in [0, 0.05) is 26.0 Å². The van der Waals surface area contributed by atoms with Gasteiger partial charge in [-0.1, -0.05) is 24.3 Å². The van der Waals surface area contributed by atoms with Crippen LogP contribution in [0.2, 0.25) is 0 Å². The number of imidazole rings is 1. The zero-order chi connectivity index (χ0) is 20.9. The molecule has 5 rings (SSSR count). The lowest BCUT2D eigenvalue weighted by Crippen LogP contribution is -2.44. The Morgan fingerprint density at radius 2 is 2.33 bits per heavy atom. The lowest BCUT2D eigenvalue weighted by molar-refractivity contribution is -0.143. The molecule has 30 heavy (non-hydrogen) atoms. The van der Waals surface area contributed by atoms with E-state index in [0.717, 1.165) is 11.3 Å². The van der Waals surface area contributed by atoms with Gasteiger partial charge in [0.2, 0.25) is 11.8 Å². The van der Waals surface area contributed by atoms with Crippen molar-refractivity contribution in [1.82, 2.24) is 19.8 Å². The lowest BCUT2D eigenvalue weighted by Gasteiger charge is -2.27. The zero-order valence-electron chi connectivity index (χ0n) is 16.9. The Bertz CT molecular complexity index is 1000. The van der Waals surface area contributed by atoms with E-state index >= 15 is 0 Å². The van der Waals surface area contributed by atoms with Crippen LogP contribution >= 0.6 is 0 Å². The molecule has 0 saturated carbocycles. The quantitative estimate of drug-likeness (QED) is 0.730. The van der Waals surface area contributed by atoms with E-state index in [1.54, 1.807) is 36.4 Å². The first-order valence-electron chi connectivity index (χ1n) is 10.0. The van der Waals surface area contributed by atoms with E-state index in [0.29, 0.717) is 25.5 Å². The summed E-state index contributed by atoms with van der Waals surface area (Å²) in [5.74, 6) is 0.320. The molecule has 0 radical (unpaired) electrons. The van der Waals surface area contributed by atoms with Gasteiger partial charge in [-0.25, -0.2) is 4.98 Å². The number of nitrogens with zero attached hydrogens (tertiary/aromatic N) is 3. The van der Waals surface area contributed by atoms with Crippen LogP contribution in [0.1, 0.15) is 11.4 Å². The Morgan fingerprint density at radius 3 is 3.10 bits per heavy atom. The van der Waals surface area contributed by atoms with Gasteiger partial charge in [0.1, 0.15) is 17.2 Å². The minimum absolute atomic E-state index is 0.0329. The molecule has 1 aromatic heterocycles. The van der Waals surface area contributed by atoms with Crippen LogP contribution in [0.15, 0.2) is 48.8 Å². The van der Waals surface area contributed by atoms with Crippen molar-refractivity contribution in [3.63, 3.8) is 0 Å². The molecule has 2 bridgehead atoms. The van der Waals surface area contributed by atoms with Gasteiger partial charge < -0.3 is 24.3 Å². The smallest absolute Gasteiger partial charge is 0.230 e. The number of methoxy groups -OCH3 is 1. The van der Waals surface area contributed by atoms with Crippen LogP contribution in [0.25, 0.3) is 0 Å². The highest BCUT2D eigenvalue weighted by molar-refractivity contribution is 5.93. The number of hydrogen-bond acceptors (Lipinski definition) is 5. The molecule has 2 fully saturated rings. The standard InChI is InChI=1S/C22H24N4O4/c1-25(12-17-23-8-9-24-17)20(27)18-16-6-7-22(30-16)13-26(21(28)19(18)22)11-14-4-3-5-15(10-14)29-2/h3-10,16,18-19H,11-13H2,1-2H3,(H,23,24)/t16-,18-,19+,22-/m0/s1. The number of H-pyrrole nitrogens is 1. The van der Waals surface area contributed by atoms with Crippen molar-refractivity contribution in [2.24, 2.45) is 11.8 Å². The first-order chi connectivity index (χ1) is 14.5. The number of nitrogens with one attached hydrogen (secondary N) is 1. The summed E-state index contributed by atoms with van der Waals surface area (Å²) in [6, 6.07) is 7.67. The fraction of sp³-hybridized carbons (Fsp3) is 0.409. The third kappa shape index (κ3) is 2.90. The number of carbonyl (C=O) groups is 2. The maximum atomic E-state index is 13.4. The second-order valence-corrected chi connectivity index (χ2v) is 8.18. The number of likely N-dealkylation sites (tertiary alicyclic amines) is 1. The van der Waals surface area contributed by atoms with Crippen LogP contribution in [0.4, 0.5) is 0 Å². The van der Waals surface area contributed by atoms with Gasteiger partial charge in [-0.3, -0.25) is 9.59 Å². The third-order valence-corrected chi connectivity index (χ3v) is 6.29. The minimum Gasteiger partial charge on any atom is -0.497 e. The van der Waals surface area contributed by atoms with Crippen molar-refractivity contribution in [2.45, 2.75) is 24.8 Å². The molecule has 4 heterocycles. The molecule has 1 spiro atoms. The van der Waals surface area contributed by atoms with Gasteiger partial charge >= 0.3 is 0 Å². The second-order valence-electron chi connectivity index (χ2n) is 8.18. The van der Waals surface area contributed by atoms with Gasteiger partial charge in [0.25, 0.3) is 0 Å². The summed E-state index contributed by atoms with van der Waals surface area (Å²) in [5, 5.41) is 0. The average Bonchev–Trinajstić information content (AvgIpc) is 3.51.